The molecule has 0 N–H and O–H groups in total. The Morgan fingerprint density at radius 3 is 2.00 bits per heavy atom. The molecule has 9 aromatic carbocycles. The summed E-state index contributed by atoms with van der Waals surface area (Å²) >= 11 is 0. The van der Waals surface area contributed by atoms with Gasteiger partial charge in [-0.15, -0.1) is 0 Å². The van der Waals surface area contributed by atoms with Crippen LogP contribution in [0.3, 0.4) is 0 Å². The lowest BCUT2D eigenvalue weighted by atomic mass is 9.92. The summed E-state index contributed by atoms with van der Waals surface area (Å²) in [6.45, 7) is 0. The van der Waals surface area contributed by atoms with E-state index >= 15 is 4.39 Å². The van der Waals surface area contributed by atoms with E-state index in [0.717, 1.165) is 71.5 Å². The first-order chi connectivity index (χ1) is 23.2. The highest BCUT2D eigenvalue weighted by molar-refractivity contribution is 6.26. The van der Waals surface area contributed by atoms with E-state index < -0.39 is 0 Å². The molecule has 0 aliphatic rings. The predicted molar refractivity (Wildman–Crippen MR) is 195 cm³/mol. The van der Waals surface area contributed by atoms with Gasteiger partial charge in [0.2, 0.25) is 0 Å². The van der Waals surface area contributed by atoms with E-state index in [0.29, 0.717) is 5.39 Å². The monoisotopic (exact) mass is 603 g/mol. The van der Waals surface area contributed by atoms with E-state index in [4.69, 9.17) is 4.42 Å². The second-order valence-corrected chi connectivity index (χ2v) is 12.3. The number of para-hydroxylation sites is 1. The first kappa shape index (κ1) is 26.1. The molecule has 2 nitrogen and oxygen atoms in total. The van der Waals surface area contributed by atoms with Crippen molar-refractivity contribution < 1.29 is 8.81 Å². The van der Waals surface area contributed by atoms with Crippen LogP contribution < -0.4 is 4.90 Å². The van der Waals surface area contributed by atoms with E-state index in [2.05, 4.69) is 120 Å². The number of hydrogen-bond donors (Lipinski definition) is 0. The summed E-state index contributed by atoms with van der Waals surface area (Å²) < 4.78 is 21.7. The van der Waals surface area contributed by atoms with Gasteiger partial charge in [0.05, 0.1) is 5.69 Å². The third kappa shape index (κ3) is 3.96. The summed E-state index contributed by atoms with van der Waals surface area (Å²) in [6.07, 6.45) is 0. The van der Waals surface area contributed by atoms with Gasteiger partial charge in [-0.1, -0.05) is 97.1 Å². The van der Waals surface area contributed by atoms with Crippen molar-refractivity contribution in [2.75, 3.05) is 4.90 Å². The zero-order valence-corrected chi connectivity index (χ0v) is 25.2. The fourth-order valence-corrected chi connectivity index (χ4v) is 7.41. The molecule has 0 spiro atoms. The Balaban J connectivity index is 1.22. The summed E-state index contributed by atoms with van der Waals surface area (Å²) in [7, 11) is 0. The molecule has 1 heterocycles. The molecule has 1 aromatic heterocycles. The maximum absolute atomic E-state index is 15.4. The summed E-state index contributed by atoms with van der Waals surface area (Å²) in [5.74, 6) is -0.211. The summed E-state index contributed by atoms with van der Waals surface area (Å²) in [5, 5.41) is 10.4. The Labute approximate surface area is 269 Å². The van der Waals surface area contributed by atoms with Crippen LogP contribution in [0, 0.1) is 5.82 Å². The Bertz CT molecular complexity index is 2810. The van der Waals surface area contributed by atoms with Crippen molar-refractivity contribution in [2.45, 2.75) is 0 Å². The Kier molecular flexibility index (Phi) is 5.49. The van der Waals surface area contributed by atoms with Crippen molar-refractivity contribution in [1.82, 2.24) is 0 Å². The molecule has 0 fully saturated rings. The van der Waals surface area contributed by atoms with Gasteiger partial charge in [-0.05, 0) is 92.7 Å². The Hall–Kier alpha value is -6.19. The van der Waals surface area contributed by atoms with Crippen molar-refractivity contribution in [1.29, 1.82) is 0 Å². The summed E-state index contributed by atoms with van der Waals surface area (Å²) in [5.41, 5.74) is 6.95. The Morgan fingerprint density at radius 2 is 1.09 bits per heavy atom. The fourth-order valence-electron chi connectivity index (χ4n) is 7.41. The van der Waals surface area contributed by atoms with Crippen LogP contribution in [0.15, 0.2) is 162 Å². The van der Waals surface area contributed by atoms with Gasteiger partial charge < -0.3 is 9.32 Å². The minimum atomic E-state index is -0.211. The van der Waals surface area contributed by atoms with E-state index in [-0.39, 0.29) is 5.82 Å². The van der Waals surface area contributed by atoms with Crippen LogP contribution in [0.4, 0.5) is 21.5 Å². The van der Waals surface area contributed by atoms with Crippen molar-refractivity contribution >= 4 is 82.1 Å². The van der Waals surface area contributed by atoms with Crippen LogP contribution in [0.5, 0.6) is 0 Å². The molecule has 0 amide bonds. The van der Waals surface area contributed by atoms with Crippen molar-refractivity contribution in [3.05, 3.63) is 164 Å². The molecule has 0 aliphatic heterocycles. The lowest BCUT2D eigenvalue weighted by Gasteiger charge is -2.28. The molecule has 47 heavy (non-hydrogen) atoms. The second-order valence-electron chi connectivity index (χ2n) is 12.3. The molecular formula is C44H26FNO. The van der Waals surface area contributed by atoms with E-state index in [1.54, 1.807) is 6.07 Å². The van der Waals surface area contributed by atoms with Crippen LogP contribution in [0.25, 0.3) is 76.2 Å². The minimum absolute atomic E-state index is 0.211. The summed E-state index contributed by atoms with van der Waals surface area (Å²) in [6, 6.07) is 54.3. The molecule has 0 atom stereocenters. The van der Waals surface area contributed by atoms with Crippen LogP contribution in [-0.4, -0.2) is 0 Å². The van der Waals surface area contributed by atoms with Gasteiger partial charge in [0.15, 0.2) is 0 Å². The second kappa shape index (κ2) is 9.90. The average Bonchev–Trinajstić information content (AvgIpc) is 3.50. The molecule has 0 saturated heterocycles. The zero-order chi connectivity index (χ0) is 31.1. The highest BCUT2D eigenvalue weighted by Gasteiger charge is 2.21. The van der Waals surface area contributed by atoms with Crippen LogP contribution in [0.1, 0.15) is 0 Å². The lowest BCUT2D eigenvalue weighted by molar-refractivity contribution is 0.640. The number of anilines is 3. The topological polar surface area (TPSA) is 16.4 Å². The highest BCUT2D eigenvalue weighted by Crippen LogP contribution is 2.46. The molecule has 0 bridgehead atoms. The Morgan fingerprint density at radius 1 is 0.404 bits per heavy atom. The first-order valence-electron chi connectivity index (χ1n) is 15.9. The first-order valence-corrected chi connectivity index (χ1v) is 15.9. The van der Waals surface area contributed by atoms with Crippen molar-refractivity contribution in [3.8, 4) is 11.1 Å². The number of rotatable bonds is 4. The molecule has 10 aromatic rings. The van der Waals surface area contributed by atoms with Crippen molar-refractivity contribution in [3.63, 3.8) is 0 Å². The molecule has 0 aliphatic carbocycles. The normalized spacial score (nSPS) is 11.9. The third-order valence-electron chi connectivity index (χ3n) is 9.64. The largest absolute Gasteiger partial charge is 0.456 e. The molecule has 0 saturated carbocycles. The van der Waals surface area contributed by atoms with E-state index in [9.17, 15) is 0 Å². The van der Waals surface area contributed by atoms with Gasteiger partial charge in [0.25, 0.3) is 0 Å². The third-order valence-corrected chi connectivity index (χ3v) is 9.64. The smallest absolute Gasteiger partial charge is 0.137 e. The molecule has 3 heteroatoms. The van der Waals surface area contributed by atoms with Gasteiger partial charge in [-0.25, -0.2) is 4.39 Å². The van der Waals surface area contributed by atoms with Crippen LogP contribution >= 0.6 is 0 Å². The minimum Gasteiger partial charge on any atom is -0.456 e. The molecular weight excluding hydrogens is 577 g/mol. The molecule has 220 valence electrons. The maximum atomic E-state index is 15.4. The van der Waals surface area contributed by atoms with Gasteiger partial charge in [-0.3, -0.25) is 0 Å². The lowest BCUT2D eigenvalue weighted by Crippen LogP contribution is -2.11. The molecule has 10 rings (SSSR count). The van der Waals surface area contributed by atoms with Gasteiger partial charge in [-0.2, -0.15) is 0 Å². The zero-order valence-electron chi connectivity index (χ0n) is 25.2. The van der Waals surface area contributed by atoms with Crippen LogP contribution in [-0.2, 0) is 0 Å². The SMILES string of the molecule is Fc1ccc2c(N(c3ccc(-c4ccc5ccccc5c4)cc3)c3ccc4c(c3)oc3ccccc34)cc3cccc4ccc1c2c43. The number of hydrogen-bond acceptors (Lipinski definition) is 2. The predicted octanol–water partition coefficient (Wildman–Crippen LogP) is 12.9. The van der Waals surface area contributed by atoms with Gasteiger partial charge in [0.1, 0.15) is 17.0 Å². The number of furan rings is 1. The fraction of sp³-hybridized carbons (Fsp3) is 0. The highest BCUT2D eigenvalue weighted by atomic mass is 19.1. The number of halogens is 1. The average molecular weight is 604 g/mol. The maximum Gasteiger partial charge on any atom is 0.137 e. The summed E-state index contributed by atoms with van der Waals surface area (Å²) in [4.78, 5) is 2.28. The van der Waals surface area contributed by atoms with Crippen LogP contribution in [0.2, 0.25) is 0 Å². The quantitative estimate of drug-likeness (QED) is 0.186. The molecule has 0 radical (unpaired) electrons. The number of benzene rings is 9. The van der Waals surface area contributed by atoms with E-state index in [1.165, 1.54) is 16.3 Å². The molecule has 0 unspecified atom stereocenters. The van der Waals surface area contributed by atoms with E-state index in [1.807, 2.05) is 36.4 Å². The van der Waals surface area contributed by atoms with Gasteiger partial charge in [0, 0.05) is 44.4 Å². The number of nitrogens with zero attached hydrogens (tertiary/aromatic N) is 1. The standard InChI is InChI=1S/C44H26FNO/c45-39-23-22-38-40(25-32-9-5-8-29-16-20-37(39)44(38)43(29)32)46(34-19-21-36-35-10-3-4-11-41(35)47-42(36)26-34)33-17-14-28(15-18-33)31-13-12-27-6-1-2-7-30(27)24-31/h1-26H. The van der Waals surface area contributed by atoms with Crippen molar-refractivity contribution in [2.24, 2.45) is 0 Å². The van der Waals surface area contributed by atoms with Gasteiger partial charge >= 0.3 is 0 Å². The number of fused-ring (bicyclic) bond motifs is 4.